The Kier molecular flexibility index (Phi) is 3.05. The zero-order chi connectivity index (χ0) is 14.1. The molecule has 0 spiro atoms. The lowest BCUT2D eigenvalue weighted by molar-refractivity contribution is 0.104. The van der Waals surface area contributed by atoms with Crippen molar-refractivity contribution in [2.45, 2.75) is 4.90 Å². The zero-order valence-electron chi connectivity index (χ0n) is 10.5. The average Bonchev–Trinajstić information content (AvgIpc) is 2.84. The first kappa shape index (κ1) is 12.5. The van der Waals surface area contributed by atoms with Gasteiger partial charge in [-0.3, -0.25) is 4.79 Å². The van der Waals surface area contributed by atoms with Crippen molar-refractivity contribution in [1.29, 1.82) is 5.26 Å². The molecule has 20 heavy (non-hydrogen) atoms. The third-order valence-corrected chi connectivity index (χ3v) is 4.32. The molecule has 2 aromatic rings. The maximum Gasteiger partial charge on any atom is 0.202 e. The van der Waals surface area contributed by atoms with E-state index in [1.54, 1.807) is 30.3 Å². The lowest BCUT2D eigenvalue weighted by Gasteiger charge is -2.06. The van der Waals surface area contributed by atoms with Crippen LogP contribution in [0.2, 0.25) is 0 Å². The fourth-order valence-corrected chi connectivity index (χ4v) is 3.20. The summed E-state index contributed by atoms with van der Waals surface area (Å²) in [5.41, 5.74) is 8.26. The van der Waals surface area contributed by atoms with Crippen LogP contribution in [0, 0.1) is 11.3 Å². The van der Waals surface area contributed by atoms with Crippen LogP contribution >= 0.6 is 11.8 Å². The standard InChI is InChI=1S/C16H10N2OS/c17-9-10-5-1-2-6-11(10)14(18)16-15(19)12-7-3-4-8-13(12)20-16/h1-8H,18H2. The summed E-state index contributed by atoms with van der Waals surface area (Å²) >= 11 is 1.36. The molecule has 1 aliphatic rings. The second kappa shape index (κ2) is 4.87. The molecule has 3 nitrogen and oxygen atoms in total. The number of nitrogens with two attached hydrogens (primary N) is 1. The van der Waals surface area contributed by atoms with E-state index < -0.39 is 0 Å². The van der Waals surface area contributed by atoms with Crippen LogP contribution in [-0.2, 0) is 0 Å². The molecule has 0 saturated heterocycles. The van der Waals surface area contributed by atoms with Crippen molar-refractivity contribution in [3.8, 4) is 6.07 Å². The molecule has 0 unspecified atom stereocenters. The molecule has 0 bridgehead atoms. The van der Waals surface area contributed by atoms with Crippen molar-refractivity contribution in [2.75, 3.05) is 0 Å². The summed E-state index contributed by atoms with van der Waals surface area (Å²) in [6, 6.07) is 16.6. The second-order valence-electron chi connectivity index (χ2n) is 4.33. The Hall–Kier alpha value is -2.51. The van der Waals surface area contributed by atoms with E-state index in [0.29, 0.717) is 27.3 Å². The summed E-state index contributed by atoms with van der Waals surface area (Å²) in [6.45, 7) is 0. The highest BCUT2D eigenvalue weighted by atomic mass is 32.2. The second-order valence-corrected chi connectivity index (χ2v) is 5.38. The van der Waals surface area contributed by atoms with Gasteiger partial charge in [-0.05, 0) is 18.2 Å². The number of allylic oxidation sites excluding steroid dienone is 1. The minimum absolute atomic E-state index is 0.0733. The van der Waals surface area contributed by atoms with Crippen LogP contribution in [0.25, 0.3) is 5.70 Å². The Morgan fingerprint density at radius 1 is 1.10 bits per heavy atom. The third-order valence-electron chi connectivity index (χ3n) is 3.13. The first-order valence-electron chi connectivity index (χ1n) is 6.03. The Morgan fingerprint density at radius 3 is 2.55 bits per heavy atom. The molecule has 0 fully saturated rings. The summed E-state index contributed by atoms with van der Waals surface area (Å²) in [6.07, 6.45) is 0. The van der Waals surface area contributed by atoms with Crippen molar-refractivity contribution < 1.29 is 4.79 Å². The predicted octanol–water partition coefficient (Wildman–Crippen LogP) is 3.17. The Balaban J connectivity index is 2.14. The molecule has 4 heteroatoms. The molecule has 0 atom stereocenters. The van der Waals surface area contributed by atoms with Crippen molar-refractivity contribution in [1.82, 2.24) is 0 Å². The quantitative estimate of drug-likeness (QED) is 0.814. The largest absolute Gasteiger partial charge is 0.397 e. The van der Waals surface area contributed by atoms with Gasteiger partial charge in [0.1, 0.15) is 0 Å². The highest BCUT2D eigenvalue weighted by Gasteiger charge is 2.28. The van der Waals surface area contributed by atoms with Crippen LogP contribution in [0.5, 0.6) is 0 Å². The van der Waals surface area contributed by atoms with Gasteiger partial charge in [0.2, 0.25) is 5.78 Å². The number of nitriles is 1. The number of thioether (sulfide) groups is 1. The topological polar surface area (TPSA) is 66.9 Å². The number of rotatable bonds is 1. The van der Waals surface area contributed by atoms with Crippen LogP contribution in [0.15, 0.2) is 58.3 Å². The summed E-state index contributed by atoms with van der Waals surface area (Å²) < 4.78 is 0. The van der Waals surface area contributed by atoms with E-state index in [1.165, 1.54) is 11.8 Å². The van der Waals surface area contributed by atoms with Crippen LogP contribution in [0.3, 0.4) is 0 Å². The maximum absolute atomic E-state index is 12.4. The van der Waals surface area contributed by atoms with Gasteiger partial charge < -0.3 is 5.73 Å². The van der Waals surface area contributed by atoms with Crippen LogP contribution < -0.4 is 5.73 Å². The number of hydrogen-bond donors (Lipinski definition) is 1. The van der Waals surface area contributed by atoms with Gasteiger partial charge in [-0.2, -0.15) is 5.26 Å². The molecule has 0 aromatic heterocycles. The first-order valence-corrected chi connectivity index (χ1v) is 6.85. The number of carbonyl (C=O) groups excluding carboxylic acids is 1. The Morgan fingerprint density at radius 2 is 1.80 bits per heavy atom. The first-order chi connectivity index (χ1) is 9.72. The minimum Gasteiger partial charge on any atom is -0.397 e. The lowest BCUT2D eigenvalue weighted by Crippen LogP contribution is -2.06. The molecule has 0 aliphatic carbocycles. The summed E-state index contributed by atoms with van der Waals surface area (Å²) in [5.74, 6) is -0.0733. The number of Topliss-reactive ketones (excluding diaryl/α,β-unsaturated/α-hetero) is 1. The fraction of sp³-hybridized carbons (Fsp3) is 0. The number of fused-ring (bicyclic) bond motifs is 1. The van der Waals surface area contributed by atoms with Gasteiger partial charge in [0.05, 0.1) is 22.2 Å². The van der Waals surface area contributed by atoms with E-state index in [9.17, 15) is 4.79 Å². The highest BCUT2D eigenvalue weighted by molar-refractivity contribution is 8.05. The van der Waals surface area contributed by atoms with E-state index in [1.807, 2.05) is 18.2 Å². The molecule has 96 valence electrons. The van der Waals surface area contributed by atoms with Crippen LogP contribution in [0.4, 0.5) is 0 Å². The monoisotopic (exact) mass is 278 g/mol. The minimum atomic E-state index is -0.0733. The van der Waals surface area contributed by atoms with Gasteiger partial charge in [0.25, 0.3) is 0 Å². The molecule has 1 heterocycles. The Bertz CT molecular complexity index is 787. The maximum atomic E-state index is 12.4. The Labute approximate surface area is 120 Å². The van der Waals surface area contributed by atoms with Gasteiger partial charge >= 0.3 is 0 Å². The van der Waals surface area contributed by atoms with Gasteiger partial charge in [0.15, 0.2) is 0 Å². The molecule has 0 saturated carbocycles. The number of ketones is 1. The molecule has 2 N–H and O–H groups in total. The molecular formula is C16H10N2OS. The highest BCUT2D eigenvalue weighted by Crippen LogP contribution is 2.42. The van der Waals surface area contributed by atoms with E-state index in [-0.39, 0.29) is 5.78 Å². The van der Waals surface area contributed by atoms with E-state index >= 15 is 0 Å². The molecule has 1 aliphatic heterocycles. The number of nitrogens with zero attached hydrogens (tertiary/aromatic N) is 1. The van der Waals surface area contributed by atoms with Crippen LogP contribution in [-0.4, -0.2) is 5.78 Å². The summed E-state index contributed by atoms with van der Waals surface area (Å²) in [4.78, 5) is 13.8. The van der Waals surface area contributed by atoms with Gasteiger partial charge in [-0.1, -0.05) is 42.1 Å². The van der Waals surface area contributed by atoms with E-state index in [0.717, 1.165) is 4.90 Å². The predicted molar refractivity (Wildman–Crippen MR) is 78.9 cm³/mol. The van der Waals surface area contributed by atoms with E-state index in [4.69, 9.17) is 11.0 Å². The van der Waals surface area contributed by atoms with Gasteiger partial charge in [0, 0.05) is 16.0 Å². The normalized spacial score (nSPS) is 15.7. The third kappa shape index (κ3) is 1.89. The van der Waals surface area contributed by atoms with Gasteiger partial charge in [-0.25, -0.2) is 0 Å². The van der Waals surface area contributed by atoms with Crippen LogP contribution in [0.1, 0.15) is 21.5 Å². The molecule has 0 amide bonds. The SMILES string of the molecule is N#Cc1ccccc1C(N)=C1Sc2ccccc2C1=O. The molecule has 3 rings (SSSR count). The fourth-order valence-electron chi connectivity index (χ4n) is 2.14. The average molecular weight is 278 g/mol. The van der Waals surface area contributed by atoms with Crippen molar-refractivity contribution in [3.05, 3.63) is 70.1 Å². The number of benzene rings is 2. The van der Waals surface area contributed by atoms with Crippen molar-refractivity contribution in [2.24, 2.45) is 5.73 Å². The van der Waals surface area contributed by atoms with Crippen molar-refractivity contribution >= 4 is 23.2 Å². The molecular weight excluding hydrogens is 268 g/mol. The zero-order valence-corrected chi connectivity index (χ0v) is 11.3. The summed E-state index contributed by atoms with van der Waals surface area (Å²) in [7, 11) is 0. The lowest BCUT2D eigenvalue weighted by atomic mass is 10.0. The van der Waals surface area contributed by atoms with E-state index in [2.05, 4.69) is 6.07 Å². The van der Waals surface area contributed by atoms with Gasteiger partial charge in [-0.15, -0.1) is 0 Å². The number of hydrogen-bond acceptors (Lipinski definition) is 4. The van der Waals surface area contributed by atoms with Crippen molar-refractivity contribution in [3.63, 3.8) is 0 Å². The molecule has 2 aromatic carbocycles. The molecule has 0 radical (unpaired) electrons. The number of carbonyl (C=O) groups is 1. The smallest absolute Gasteiger partial charge is 0.202 e. The summed E-state index contributed by atoms with van der Waals surface area (Å²) in [5, 5.41) is 9.13.